The molecule has 9 rings (SSSR count). The van der Waals surface area contributed by atoms with Crippen molar-refractivity contribution in [2.45, 2.75) is 0 Å². The quantitative estimate of drug-likeness (QED) is 0.200. The molecule has 5 nitrogen and oxygen atoms in total. The number of hydrogen-bond donors (Lipinski definition) is 0. The van der Waals surface area contributed by atoms with Crippen molar-refractivity contribution in [2.24, 2.45) is 0 Å². The summed E-state index contributed by atoms with van der Waals surface area (Å²) in [7, 11) is 0. The van der Waals surface area contributed by atoms with Crippen molar-refractivity contribution in [3.63, 3.8) is 0 Å². The van der Waals surface area contributed by atoms with Gasteiger partial charge in [0.25, 0.3) is 0 Å². The van der Waals surface area contributed by atoms with Gasteiger partial charge in [0.15, 0.2) is 0 Å². The van der Waals surface area contributed by atoms with Crippen LogP contribution in [0.4, 0.5) is 0 Å². The number of aromatic nitrogens is 5. The van der Waals surface area contributed by atoms with Crippen LogP contribution >= 0.6 is 0 Å². The van der Waals surface area contributed by atoms with E-state index in [0.717, 1.165) is 33.2 Å². The Bertz CT molecular complexity index is 2430. The molecule has 0 amide bonds. The normalized spacial score (nSPS) is 11.6. The molecule has 0 aliphatic rings. The van der Waals surface area contributed by atoms with E-state index in [0.29, 0.717) is 0 Å². The summed E-state index contributed by atoms with van der Waals surface area (Å²) in [6.45, 7) is 0. The van der Waals surface area contributed by atoms with Gasteiger partial charge in [-0.25, -0.2) is 19.9 Å². The van der Waals surface area contributed by atoms with Crippen LogP contribution in [0.1, 0.15) is 0 Å². The van der Waals surface area contributed by atoms with E-state index in [1.165, 1.54) is 54.4 Å². The molecule has 9 aromatic rings. The molecule has 3 aromatic heterocycles. The molecule has 5 heteroatoms. The second kappa shape index (κ2) is 9.75. The predicted molar refractivity (Wildman–Crippen MR) is 178 cm³/mol. The highest BCUT2D eigenvalue weighted by Crippen LogP contribution is 2.44. The summed E-state index contributed by atoms with van der Waals surface area (Å²) in [6, 6.07) is 33.3. The summed E-state index contributed by atoms with van der Waals surface area (Å²) in [5.41, 5.74) is 8.73. The predicted octanol–water partition coefficient (Wildman–Crippen LogP) is 9.38. The van der Waals surface area contributed by atoms with Crippen LogP contribution in [-0.4, -0.2) is 24.9 Å². The second-order valence-electron chi connectivity index (χ2n) is 11.1. The zero-order valence-electron chi connectivity index (χ0n) is 23.5. The van der Waals surface area contributed by atoms with Crippen molar-refractivity contribution >= 4 is 43.1 Å². The van der Waals surface area contributed by atoms with Gasteiger partial charge in [-0.05, 0) is 95.3 Å². The van der Waals surface area contributed by atoms with Crippen LogP contribution < -0.4 is 0 Å². The fraction of sp³-hybridized carbons (Fsp3) is 0. The van der Waals surface area contributed by atoms with Gasteiger partial charge in [0, 0.05) is 53.7 Å². The maximum Gasteiger partial charge on any atom is 0.115 e. The van der Waals surface area contributed by atoms with Crippen LogP contribution in [0.5, 0.6) is 0 Å². The van der Waals surface area contributed by atoms with Gasteiger partial charge >= 0.3 is 0 Å². The summed E-state index contributed by atoms with van der Waals surface area (Å²) in [4.78, 5) is 21.5. The van der Waals surface area contributed by atoms with Crippen molar-refractivity contribution in [1.29, 1.82) is 0 Å². The van der Waals surface area contributed by atoms with E-state index < -0.39 is 0 Å². The minimum Gasteiger partial charge on any atom is -0.264 e. The summed E-state index contributed by atoms with van der Waals surface area (Å²) in [6.07, 6.45) is 14.3. The van der Waals surface area contributed by atoms with Gasteiger partial charge < -0.3 is 0 Å². The third-order valence-electron chi connectivity index (χ3n) is 8.67. The van der Waals surface area contributed by atoms with Crippen molar-refractivity contribution in [3.05, 3.63) is 141 Å². The Morgan fingerprint density at radius 2 is 0.886 bits per heavy atom. The molecule has 0 aliphatic heterocycles. The fourth-order valence-corrected chi connectivity index (χ4v) is 6.66. The van der Waals surface area contributed by atoms with E-state index in [2.05, 4.69) is 116 Å². The SMILES string of the molecule is c1cc(-c2ccc3ccc4ccc(-c5cc(-c6cncnc6)cc(-c6cncnc6)c5)c5ccc2c3c45)c2ccncc2c1. The number of hydrogen-bond acceptors (Lipinski definition) is 5. The van der Waals surface area contributed by atoms with Crippen molar-refractivity contribution < 1.29 is 0 Å². The van der Waals surface area contributed by atoms with Gasteiger partial charge in [-0.2, -0.15) is 0 Å². The van der Waals surface area contributed by atoms with Crippen LogP contribution in [0.2, 0.25) is 0 Å². The Hall–Kier alpha value is -6.07. The molecule has 0 atom stereocenters. The summed E-state index contributed by atoms with van der Waals surface area (Å²) >= 11 is 0. The average molecular weight is 562 g/mol. The topological polar surface area (TPSA) is 64.5 Å². The highest BCUT2D eigenvalue weighted by atomic mass is 14.8. The fourth-order valence-electron chi connectivity index (χ4n) is 6.66. The molecular formula is C39H23N5. The van der Waals surface area contributed by atoms with Crippen molar-refractivity contribution in [2.75, 3.05) is 0 Å². The minimum absolute atomic E-state index is 0.958. The number of nitrogens with zero attached hydrogens (tertiary/aromatic N) is 5. The molecule has 0 aliphatic carbocycles. The van der Waals surface area contributed by atoms with Gasteiger partial charge in [0.1, 0.15) is 12.7 Å². The lowest BCUT2D eigenvalue weighted by Crippen LogP contribution is -1.92. The lowest BCUT2D eigenvalue weighted by atomic mass is 9.86. The molecule has 204 valence electrons. The zero-order valence-corrected chi connectivity index (χ0v) is 23.5. The molecular weight excluding hydrogens is 538 g/mol. The first-order chi connectivity index (χ1) is 21.8. The molecule has 0 unspecified atom stereocenters. The maximum absolute atomic E-state index is 4.35. The third kappa shape index (κ3) is 3.83. The number of rotatable bonds is 4. The second-order valence-corrected chi connectivity index (χ2v) is 11.1. The van der Waals surface area contributed by atoms with Crippen molar-refractivity contribution in [1.82, 2.24) is 24.9 Å². The standard InChI is InChI=1S/C39H23N5/c1-2-26-17-40-13-12-33(26)34(3-1)35-9-7-25-5-4-24-6-8-32(36-10-11-37(35)39(25)38(24)36)29-15-27(30-18-41-22-42-19-30)14-28(16-29)31-20-43-23-44-21-31/h1-23H. The van der Waals surface area contributed by atoms with Gasteiger partial charge in [0.2, 0.25) is 0 Å². The molecule has 44 heavy (non-hydrogen) atoms. The summed E-state index contributed by atoms with van der Waals surface area (Å²) in [5, 5.41) is 9.84. The third-order valence-corrected chi connectivity index (χ3v) is 8.67. The summed E-state index contributed by atoms with van der Waals surface area (Å²) in [5.74, 6) is 0. The summed E-state index contributed by atoms with van der Waals surface area (Å²) < 4.78 is 0. The van der Waals surface area contributed by atoms with E-state index >= 15 is 0 Å². The number of fused-ring (bicyclic) bond motifs is 1. The Balaban J connectivity index is 1.32. The van der Waals surface area contributed by atoms with E-state index in [1.54, 1.807) is 12.7 Å². The molecule has 0 radical (unpaired) electrons. The zero-order chi connectivity index (χ0) is 29.0. The first-order valence-corrected chi connectivity index (χ1v) is 14.5. The van der Waals surface area contributed by atoms with Gasteiger partial charge in [-0.15, -0.1) is 0 Å². The van der Waals surface area contributed by atoms with Crippen LogP contribution in [0, 0.1) is 0 Å². The Morgan fingerprint density at radius 3 is 1.55 bits per heavy atom. The lowest BCUT2D eigenvalue weighted by molar-refractivity contribution is 1.17. The smallest absolute Gasteiger partial charge is 0.115 e. The number of pyridine rings is 1. The van der Waals surface area contributed by atoms with Gasteiger partial charge in [-0.1, -0.05) is 66.7 Å². The van der Waals surface area contributed by atoms with Crippen LogP contribution in [0.25, 0.3) is 87.6 Å². The van der Waals surface area contributed by atoms with Crippen LogP contribution in [-0.2, 0) is 0 Å². The van der Waals surface area contributed by atoms with Crippen molar-refractivity contribution in [3.8, 4) is 44.5 Å². The molecule has 0 saturated carbocycles. The van der Waals surface area contributed by atoms with E-state index in [1.807, 2.05) is 37.2 Å². The van der Waals surface area contributed by atoms with E-state index in [9.17, 15) is 0 Å². The first kappa shape index (κ1) is 24.5. The van der Waals surface area contributed by atoms with Crippen LogP contribution in [0.3, 0.4) is 0 Å². The largest absolute Gasteiger partial charge is 0.264 e. The van der Waals surface area contributed by atoms with Gasteiger partial charge in [-0.3, -0.25) is 4.98 Å². The molecule has 0 N–H and O–H groups in total. The highest BCUT2D eigenvalue weighted by Gasteiger charge is 2.17. The lowest BCUT2D eigenvalue weighted by Gasteiger charge is -2.18. The molecule has 0 bridgehead atoms. The first-order valence-electron chi connectivity index (χ1n) is 14.5. The highest BCUT2D eigenvalue weighted by molar-refractivity contribution is 6.28. The average Bonchev–Trinajstić information content (AvgIpc) is 3.11. The van der Waals surface area contributed by atoms with E-state index in [-0.39, 0.29) is 0 Å². The molecule has 0 saturated heterocycles. The molecule has 3 heterocycles. The molecule has 6 aromatic carbocycles. The molecule has 0 spiro atoms. The van der Waals surface area contributed by atoms with E-state index in [4.69, 9.17) is 0 Å². The van der Waals surface area contributed by atoms with Gasteiger partial charge in [0.05, 0.1) is 0 Å². The molecule has 0 fully saturated rings. The Morgan fingerprint density at radius 1 is 0.341 bits per heavy atom. The minimum atomic E-state index is 0.958. The number of benzene rings is 6. The Labute approximate surface area is 252 Å². The van der Waals surface area contributed by atoms with Crippen LogP contribution in [0.15, 0.2) is 141 Å². The Kier molecular flexibility index (Phi) is 5.43. The maximum atomic E-state index is 4.35. The monoisotopic (exact) mass is 561 g/mol.